The molecule has 4 aromatic heterocycles. The van der Waals surface area contributed by atoms with Crippen LogP contribution in [0.1, 0.15) is 81.9 Å². The van der Waals surface area contributed by atoms with E-state index in [1.54, 1.807) is 48.1 Å². The first-order chi connectivity index (χ1) is 36.9. The fraction of sp³-hybridized carbons (Fsp3) is 0.528. The maximum absolute atomic E-state index is 13.6. The fourth-order valence-corrected chi connectivity index (χ4v) is 9.63. The highest BCUT2D eigenvalue weighted by Crippen LogP contribution is 2.32. The van der Waals surface area contributed by atoms with Gasteiger partial charge in [0.1, 0.15) is 11.5 Å². The molecule has 5 heterocycles. The molecule has 7 rings (SSSR count). The number of piperazine rings is 1. The van der Waals surface area contributed by atoms with Gasteiger partial charge in [-0.15, -0.1) is 11.3 Å². The predicted octanol–water partition coefficient (Wildman–Crippen LogP) is 5.25. The molecule has 0 radical (unpaired) electrons. The number of nitrogens with one attached hydrogen (secondary N) is 4. The lowest BCUT2D eigenvalue weighted by atomic mass is 10.0. The Hall–Kier alpha value is -6.31. The lowest BCUT2D eigenvalue weighted by Gasteiger charge is -2.35. The second kappa shape index (κ2) is 29.8. The van der Waals surface area contributed by atoms with Gasteiger partial charge in [-0.3, -0.25) is 38.8 Å². The van der Waals surface area contributed by atoms with E-state index in [1.807, 2.05) is 26.0 Å². The lowest BCUT2D eigenvalue weighted by Crippen LogP contribution is -2.49. The summed E-state index contributed by atoms with van der Waals surface area (Å²) in [5, 5.41) is 12.9. The molecule has 1 aliphatic carbocycles. The van der Waals surface area contributed by atoms with Crippen LogP contribution in [0.15, 0.2) is 53.6 Å². The summed E-state index contributed by atoms with van der Waals surface area (Å²) in [6.45, 7) is 15.3. The first-order valence-corrected chi connectivity index (χ1v) is 26.8. The van der Waals surface area contributed by atoms with Crippen LogP contribution >= 0.6 is 11.3 Å². The number of Topliss-reactive ketones (excluding diaryl/α,β-unsaturated/α-hetero) is 1. The molecule has 2 fully saturated rings. The SMILES string of the molecule is CC(=O)c1c(C)c2cnc(Nc3ccc(N4CCN(CC(=O)NCCOCCOCCOCCOCCOCCOCCC(=O)Nc5ccccc5C(=O)Nc5nc(C)c(C)s5)CC4)cn3)nc2n(C2CCCC2)c1=O. The molecule has 22 nitrogen and oxygen atoms in total. The molecule has 0 spiro atoms. The van der Waals surface area contributed by atoms with E-state index in [2.05, 4.69) is 46.0 Å². The van der Waals surface area contributed by atoms with Crippen molar-refractivity contribution in [3.63, 3.8) is 0 Å². The molecule has 4 N–H and O–H groups in total. The number of fused-ring (bicyclic) bond motifs is 1. The normalized spacial score (nSPS) is 14.1. The highest BCUT2D eigenvalue weighted by atomic mass is 32.1. The topological polar surface area (TPSA) is 252 Å². The summed E-state index contributed by atoms with van der Waals surface area (Å²) in [6, 6.07) is 10.7. The monoisotopic (exact) mass is 1070 g/mol. The van der Waals surface area contributed by atoms with Crippen molar-refractivity contribution >= 4 is 74.1 Å². The van der Waals surface area contributed by atoms with Crippen LogP contribution < -0.4 is 31.7 Å². The Labute approximate surface area is 446 Å². The van der Waals surface area contributed by atoms with Crippen molar-refractivity contribution in [2.45, 2.75) is 65.8 Å². The molecule has 1 saturated heterocycles. The van der Waals surface area contributed by atoms with Crippen LogP contribution in [0.3, 0.4) is 0 Å². The minimum Gasteiger partial charge on any atom is -0.379 e. The lowest BCUT2D eigenvalue weighted by molar-refractivity contribution is -0.122. The molecule has 410 valence electrons. The Bertz CT molecular complexity index is 2740. The zero-order valence-corrected chi connectivity index (χ0v) is 44.8. The molecule has 0 bridgehead atoms. The molecule has 3 amide bonds. The number of carbonyl (C=O) groups is 4. The minimum absolute atomic E-state index is 0.00500. The average Bonchev–Trinajstić information content (AvgIpc) is 4.09. The molecular weight excluding hydrogens is 999 g/mol. The highest BCUT2D eigenvalue weighted by Gasteiger charge is 2.26. The third-order valence-corrected chi connectivity index (χ3v) is 13.9. The Morgan fingerprint density at radius 1 is 0.711 bits per heavy atom. The van der Waals surface area contributed by atoms with E-state index in [-0.39, 0.29) is 53.7 Å². The molecule has 0 unspecified atom stereocenters. The number of ketones is 1. The van der Waals surface area contributed by atoms with Gasteiger partial charge in [-0.2, -0.15) is 4.98 Å². The number of para-hydroxylation sites is 1. The number of benzene rings is 1. The van der Waals surface area contributed by atoms with Gasteiger partial charge in [0.2, 0.25) is 17.8 Å². The Morgan fingerprint density at radius 2 is 1.34 bits per heavy atom. The first-order valence-electron chi connectivity index (χ1n) is 26.0. The van der Waals surface area contributed by atoms with Gasteiger partial charge in [-0.1, -0.05) is 25.0 Å². The molecule has 0 atom stereocenters. The molecule has 1 saturated carbocycles. The zero-order valence-electron chi connectivity index (χ0n) is 44.0. The van der Waals surface area contributed by atoms with Crippen LogP contribution in [0.25, 0.3) is 11.0 Å². The number of aromatic nitrogens is 5. The van der Waals surface area contributed by atoms with Gasteiger partial charge < -0.3 is 49.3 Å². The Balaban J connectivity index is 0.640. The number of hydrogen-bond acceptors (Lipinski definition) is 19. The summed E-state index contributed by atoms with van der Waals surface area (Å²) < 4.78 is 35.0. The average molecular weight is 1070 g/mol. The molecule has 2 aliphatic rings. The third-order valence-electron chi connectivity index (χ3n) is 12.9. The van der Waals surface area contributed by atoms with Crippen molar-refractivity contribution in [3.05, 3.63) is 86.4 Å². The molecular formula is C53H71N11O11S. The van der Waals surface area contributed by atoms with Crippen LogP contribution in [0, 0.1) is 20.8 Å². The molecule has 76 heavy (non-hydrogen) atoms. The summed E-state index contributed by atoms with van der Waals surface area (Å²) in [5.74, 6) is -0.0327. The number of anilines is 5. The Kier molecular flexibility index (Phi) is 22.5. The molecule has 5 aromatic rings. The van der Waals surface area contributed by atoms with Gasteiger partial charge in [0, 0.05) is 55.2 Å². The fourth-order valence-electron chi connectivity index (χ4n) is 8.82. The van der Waals surface area contributed by atoms with Gasteiger partial charge in [0.05, 0.1) is 127 Å². The number of rotatable bonds is 31. The van der Waals surface area contributed by atoms with Crippen molar-refractivity contribution in [2.75, 3.05) is 139 Å². The van der Waals surface area contributed by atoms with Gasteiger partial charge >= 0.3 is 0 Å². The number of thiazole rings is 1. The number of pyridine rings is 2. The standard InChI is InChI=1S/C53H71N11O11S/c1-36-43-34-56-52(60-49(43)64(40-9-5-6-10-40)51(69)48(36)38(3)65)59-45-14-13-41(33-55-45)63-19-17-62(18-20-63)35-47(67)54-16-22-71-24-26-73-28-30-75-32-31-74-29-27-72-25-23-70-21-15-46(66)58-44-12-8-7-11-42(44)50(68)61-53-57-37(2)39(4)76-53/h7-8,11-14,33-34,40H,5-6,9-10,15-32,35H2,1-4H3,(H,54,67)(H,58,66)(H,57,61,68)(H,55,56,59,60). The number of amides is 3. The van der Waals surface area contributed by atoms with E-state index in [1.165, 1.54) is 18.3 Å². The van der Waals surface area contributed by atoms with Crippen molar-refractivity contribution in [1.82, 2.24) is 34.7 Å². The van der Waals surface area contributed by atoms with Crippen LogP contribution in [0.5, 0.6) is 0 Å². The van der Waals surface area contributed by atoms with Crippen molar-refractivity contribution in [2.24, 2.45) is 0 Å². The van der Waals surface area contributed by atoms with Crippen LogP contribution in [-0.4, -0.2) is 171 Å². The van der Waals surface area contributed by atoms with E-state index in [0.29, 0.717) is 131 Å². The molecule has 23 heteroatoms. The van der Waals surface area contributed by atoms with Crippen LogP contribution in [0.2, 0.25) is 0 Å². The van der Waals surface area contributed by atoms with Gasteiger partial charge in [0.15, 0.2) is 10.9 Å². The van der Waals surface area contributed by atoms with Gasteiger partial charge in [0.25, 0.3) is 11.5 Å². The maximum Gasteiger partial charge on any atom is 0.263 e. The number of ether oxygens (including phenoxy) is 6. The zero-order chi connectivity index (χ0) is 53.7. The second-order valence-corrected chi connectivity index (χ2v) is 19.6. The maximum atomic E-state index is 13.6. The minimum atomic E-state index is -0.347. The number of carbonyl (C=O) groups excluding carboxylic acids is 4. The second-order valence-electron chi connectivity index (χ2n) is 18.4. The number of aryl methyl sites for hydroxylation is 3. The van der Waals surface area contributed by atoms with Crippen molar-refractivity contribution < 1.29 is 47.6 Å². The predicted molar refractivity (Wildman–Crippen MR) is 289 cm³/mol. The summed E-state index contributed by atoms with van der Waals surface area (Å²) in [4.78, 5) is 87.7. The largest absolute Gasteiger partial charge is 0.379 e. The van der Waals surface area contributed by atoms with E-state index in [0.717, 1.165) is 68.1 Å². The van der Waals surface area contributed by atoms with E-state index in [9.17, 15) is 24.0 Å². The van der Waals surface area contributed by atoms with Crippen LogP contribution in [0.4, 0.5) is 28.3 Å². The Morgan fingerprint density at radius 3 is 1.95 bits per heavy atom. The summed E-state index contributed by atoms with van der Waals surface area (Å²) in [7, 11) is 0. The summed E-state index contributed by atoms with van der Waals surface area (Å²) >= 11 is 1.40. The third kappa shape index (κ3) is 17.1. The summed E-state index contributed by atoms with van der Waals surface area (Å²) in [5.41, 5.74) is 3.63. The van der Waals surface area contributed by atoms with Crippen molar-refractivity contribution in [3.8, 4) is 0 Å². The van der Waals surface area contributed by atoms with Crippen LogP contribution in [-0.2, 0) is 38.0 Å². The highest BCUT2D eigenvalue weighted by molar-refractivity contribution is 7.15. The van der Waals surface area contributed by atoms with E-state index >= 15 is 0 Å². The van der Waals surface area contributed by atoms with Gasteiger partial charge in [-0.05, 0) is 70.4 Å². The van der Waals surface area contributed by atoms with E-state index in [4.69, 9.17) is 33.4 Å². The molecule has 1 aliphatic heterocycles. The quantitative estimate of drug-likeness (QED) is 0.0327. The smallest absolute Gasteiger partial charge is 0.263 e. The van der Waals surface area contributed by atoms with Crippen molar-refractivity contribution in [1.29, 1.82) is 0 Å². The summed E-state index contributed by atoms with van der Waals surface area (Å²) in [6.07, 6.45) is 7.40. The van der Waals surface area contributed by atoms with Gasteiger partial charge in [-0.25, -0.2) is 15.0 Å². The molecule has 1 aromatic carbocycles. The van der Waals surface area contributed by atoms with E-state index < -0.39 is 0 Å². The number of nitrogens with zero attached hydrogens (tertiary/aromatic N) is 7. The first kappa shape index (κ1) is 57.4. The number of hydrogen-bond donors (Lipinski definition) is 4.